The molecule has 3 aromatic rings. The van der Waals surface area contributed by atoms with Crippen LogP contribution in [0, 0.1) is 0 Å². The van der Waals surface area contributed by atoms with E-state index in [-0.39, 0.29) is 30.0 Å². The summed E-state index contributed by atoms with van der Waals surface area (Å²) in [4.78, 5) is 28.6. The number of rotatable bonds is 6. The highest BCUT2D eigenvalue weighted by atomic mass is 32.2. The largest absolute Gasteiger partial charge is 0.497 e. The molecule has 0 radical (unpaired) electrons. The summed E-state index contributed by atoms with van der Waals surface area (Å²) in [5.41, 5.74) is 2.41. The van der Waals surface area contributed by atoms with E-state index in [9.17, 15) is 9.59 Å². The van der Waals surface area contributed by atoms with Gasteiger partial charge in [0.2, 0.25) is 11.8 Å². The van der Waals surface area contributed by atoms with E-state index >= 15 is 0 Å². The van der Waals surface area contributed by atoms with Gasteiger partial charge >= 0.3 is 0 Å². The van der Waals surface area contributed by atoms with E-state index in [2.05, 4.69) is 5.32 Å². The van der Waals surface area contributed by atoms with Crippen molar-refractivity contribution in [2.45, 2.75) is 16.6 Å². The molecule has 7 heteroatoms. The van der Waals surface area contributed by atoms with Crippen LogP contribution in [-0.4, -0.2) is 32.6 Å². The minimum atomic E-state index is -0.269. The van der Waals surface area contributed by atoms with Crippen molar-refractivity contribution in [3.63, 3.8) is 0 Å². The Morgan fingerprint density at radius 3 is 2.50 bits per heavy atom. The first-order valence-electron chi connectivity index (χ1n) is 10.2. The molecule has 2 amide bonds. The number of methoxy groups -OCH3 is 2. The number of anilines is 2. The molecule has 1 heterocycles. The molecule has 1 aliphatic heterocycles. The van der Waals surface area contributed by atoms with E-state index in [1.807, 2.05) is 48.5 Å². The zero-order valence-corrected chi connectivity index (χ0v) is 18.7. The van der Waals surface area contributed by atoms with Crippen molar-refractivity contribution >= 4 is 35.0 Å². The van der Waals surface area contributed by atoms with Crippen molar-refractivity contribution in [2.24, 2.45) is 0 Å². The van der Waals surface area contributed by atoms with E-state index < -0.39 is 0 Å². The number of para-hydroxylation sites is 1. The SMILES string of the molecule is COc1ccc([C@@H]2CC(=O)N(CC(=O)Nc3cccc(OC)c3)c3ccccc3S2)cc1. The van der Waals surface area contributed by atoms with Gasteiger partial charge in [0.25, 0.3) is 0 Å². The van der Waals surface area contributed by atoms with Gasteiger partial charge in [0.05, 0.1) is 19.9 Å². The molecule has 0 saturated carbocycles. The summed E-state index contributed by atoms with van der Waals surface area (Å²) >= 11 is 1.64. The van der Waals surface area contributed by atoms with Crippen LogP contribution < -0.4 is 19.7 Å². The Morgan fingerprint density at radius 1 is 1.00 bits per heavy atom. The highest BCUT2D eigenvalue weighted by molar-refractivity contribution is 7.99. The van der Waals surface area contributed by atoms with Crippen molar-refractivity contribution in [3.05, 3.63) is 78.4 Å². The van der Waals surface area contributed by atoms with E-state index in [1.165, 1.54) is 0 Å². The van der Waals surface area contributed by atoms with Crippen molar-refractivity contribution < 1.29 is 19.1 Å². The van der Waals surface area contributed by atoms with E-state index in [0.717, 1.165) is 21.9 Å². The molecule has 1 aliphatic rings. The van der Waals surface area contributed by atoms with Crippen LogP contribution in [0.4, 0.5) is 11.4 Å². The smallest absolute Gasteiger partial charge is 0.244 e. The van der Waals surface area contributed by atoms with E-state index in [1.54, 1.807) is 55.1 Å². The zero-order valence-electron chi connectivity index (χ0n) is 17.9. The van der Waals surface area contributed by atoms with Crippen LogP contribution in [0.2, 0.25) is 0 Å². The van der Waals surface area contributed by atoms with Crippen LogP contribution in [0.15, 0.2) is 77.7 Å². The van der Waals surface area contributed by atoms with Crippen LogP contribution in [-0.2, 0) is 9.59 Å². The van der Waals surface area contributed by atoms with Gasteiger partial charge in [-0.15, -0.1) is 11.8 Å². The maximum Gasteiger partial charge on any atom is 0.244 e. The monoisotopic (exact) mass is 448 g/mol. The van der Waals surface area contributed by atoms with Gasteiger partial charge in [-0.3, -0.25) is 9.59 Å². The van der Waals surface area contributed by atoms with Crippen molar-refractivity contribution in [1.82, 2.24) is 0 Å². The van der Waals surface area contributed by atoms with Gasteiger partial charge in [0.15, 0.2) is 0 Å². The Labute approximate surface area is 191 Å². The third-order valence-corrected chi connectivity index (χ3v) is 6.55. The minimum absolute atomic E-state index is 0.0546. The van der Waals surface area contributed by atoms with Crippen molar-refractivity contribution in [2.75, 3.05) is 31.0 Å². The Bertz CT molecular complexity index is 1120. The highest BCUT2D eigenvalue weighted by Crippen LogP contribution is 2.45. The third kappa shape index (κ3) is 4.89. The second-order valence-corrected chi connectivity index (χ2v) is 8.56. The summed E-state index contributed by atoms with van der Waals surface area (Å²) in [6.07, 6.45) is 0.290. The number of benzene rings is 3. The second-order valence-electron chi connectivity index (χ2n) is 7.31. The standard InChI is InChI=1S/C25H24N2O4S/c1-30-19-12-10-17(11-13-19)23-15-25(29)27(21-8-3-4-9-22(21)32-23)16-24(28)26-18-6-5-7-20(14-18)31-2/h3-14,23H,15-16H2,1-2H3,(H,26,28)/t23-/m0/s1. The maximum atomic E-state index is 13.3. The Hall–Kier alpha value is -3.45. The fraction of sp³-hybridized carbons (Fsp3) is 0.200. The Kier molecular flexibility index (Phi) is 6.66. The summed E-state index contributed by atoms with van der Waals surface area (Å²) in [7, 11) is 3.20. The number of ether oxygens (including phenoxy) is 2. The van der Waals surface area contributed by atoms with Crippen LogP contribution >= 0.6 is 11.8 Å². The average molecular weight is 449 g/mol. The summed E-state index contributed by atoms with van der Waals surface area (Å²) in [5.74, 6) is 1.06. The number of carbonyl (C=O) groups is 2. The van der Waals surface area contributed by atoms with Crippen molar-refractivity contribution in [3.8, 4) is 11.5 Å². The third-order valence-electron chi connectivity index (χ3n) is 5.23. The quantitative estimate of drug-likeness (QED) is 0.580. The molecule has 0 bridgehead atoms. The number of thioether (sulfide) groups is 1. The van der Waals surface area contributed by atoms with Gasteiger partial charge in [0, 0.05) is 28.3 Å². The lowest BCUT2D eigenvalue weighted by Crippen LogP contribution is -2.38. The molecular weight excluding hydrogens is 424 g/mol. The van der Waals surface area contributed by atoms with Crippen LogP contribution in [0.3, 0.4) is 0 Å². The number of carbonyl (C=O) groups excluding carboxylic acids is 2. The molecule has 1 N–H and O–H groups in total. The molecule has 0 fully saturated rings. The number of amides is 2. The molecule has 0 aliphatic carbocycles. The van der Waals surface area contributed by atoms with E-state index in [0.29, 0.717) is 11.4 Å². The molecule has 164 valence electrons. The summed E-state index contributed by atoms with van der Waals surface area (Å²) < 4.78 is 10.5. The van der Waals surface area contributed by atoms with Crippen LogP contribution in [0.5, 0.6) is 11.5 Å². The fourth-order valence-electron chi connectivity index (χ4n) is 3.60. The molecule has 0 spiro atoms. The predicted molar refractivity (Wildman–Crippen MR) is 127 cm³/mol. The molecule has 4 rings (SSSR count). The molecule has 1 atom stereocenters. The Balaban J connectivity index is 1.56. The van der Waals surface area contributed by atoms with E-state index in [4.69, 9.17) is 9.47 Å². The summed E-state index contributed by atoms with van der Waals surface area (Å²) in [6.45, 7) is -0.0665. The first-order valence-corrected chi connectivity index (χ1v) is 11.1. The lowest BCUT2D eigenvalue weighted by atomic mass is 10.1. The molecular formula is C25H24N2O4S. The molecule has 3 aromatic carbocycles. The fourth-order valence-corrected chi connectivity index (χ4v) is 4.88. The number of hydrogen-bond donors (Lipinski definition) is 1. The highest BCUT2D eigenvalue weighted by Gasteiger charge is 2.30. The summed E-state index contributed by atoms with van der Waals surface area (Å²) in [5, 5.41) is 2.80. The van der Waals surface area contributed by atoms with Gasteiger partial charge in [-0.05, 0) is 42.0 Å². The zero-order chi connectivity index (χ0) is 22.5. The lowest BCUT2D eigenvalue weighted by Gasteiger charge is -2.22. The molecule has 0 unspecified atom stereocenters. The van der Waals surface area contributed by atoms with Crippen molar-refractivity contribution in [1.29, 1.82) is 0 Å². The van der Waals surface area contributed by atoms with Gasteiger partial charge in [0.1, 0.15) is 18.0 Å². The first kappa shape index (κ1) is 21.8. The Morgan fingerprint density at radius 2 is 1.75 bits per heavy atom. The van der Waals surface area contributed by atoms with Gasteiger partial charge in [-0.2, -0.15) is 0 Å². The normalized spacial score (nSPS) is 15.5. The van der Waals surface area contributed by atoms with Crippen LogP contribution in [0.25, 0.3) is 0 Å². The predicted octanol–water partition coefficient (Wildman–Crippen LogP) is 4.91. The molecule has 0 aromatic heterocycles. The first-order chi connectivity index (χ1) is 15.6. The van der Waals surface area contributed by atoms with Gasteiger partial charge < -0.3 is 19.7 Å². The molecule has 0 saturated heterocycles. The minimum Gasteiger partial charge on any atom is -0.497 e. The maximum absolute atomic E-state index is 13.3. The number of nitrogens with one attached hydrogen (secondary N) is 1. The average Bonchev–Trinajstić information content (AvgIpc) is 2.95. The van der Waals surface area contributed by atoms with Gasteiger partial charge in [-0.1, -0.05) is 30.3 Å². The second kappa shape index (κ2) is 9.78. The summed E-state index contributed by atoms with van der Waals surface area (Å²) in [6, 6.07) is 22.6. The number of hydrogen-bond acceptors (Lipinski definition) is 5. The topological polar surface area (TPSA) is 67.9 Å². The lowest BCUT2D eigenvalue weighted by molar-refractivity contribution is -0.121. The number of nitrogens with zero attached hydrogens (tertiary/aromatic N) is 1. The van der Waals surface area contributed by atoms with Gasteiger partial charge in [-0.25, -0.2) is 0 Å². The number of fused-ring (bicyclic) bond motifs is 1. The molecule has 6 nitrogen and oxygen atoms in total. The molecule has 32 heavy (non-hydrogen) atoms. The van der Waals surface area contributed by atoms with Crippen LogP contribution in [0.1, 0.15) is 17.2 Å².